The molecule has 1 aliphatic carbocycles. The maximum atomic E-state index is 10.8. The van der Waals surface area contributed by atoms with Crippen molar-refractivity contribution in [2.24, 2.45) is 0 Å². The molecule has 0 spiro atoms. The third kappa shape index (κ3) is 3.88. The van der Waals surface area contributed by atoms with Crippen LogP contribution in [0.1, 0.15) is 36.9 Å². The van der Waals surface area contributed by atoms with Crippen LogP contribution in [0.15, 0.2) is 48.5 Å². The first-order valence-corrected chi connectivity index (χ1v) is 8.07. The van der Waals surface area contributed by atoms with Crippen LogP contribution >= 0.6 is 0 Å². The van der Waals surface area contributed by atoms with E-state index in [0.717, 1.165) is 31.5 Å². The Labute approximate surface area is 137 Å². The van der Waals surface area contributed by atoms with Gasteiger partial charge in [-0.3, -0.25) is 0 Å². The van der Waals surface area contributed by atoms with Crippen LogP contribution in [0.2, 0.25) is 0 Å². The fraction of sp³-hybridized carbons (Fsp3) is 0.368. The first kappa shape index (κ1) is 15.5. The second-order valence-electron chi connectivity index (χ2n) is 6.27. The minimum atomic E-state index is -0.654. The number of nitrogens with zero attached hydrogens (tertiary/aromatic N) is 3. The molecule has 0 saturated heterocycles. The van der Waals surface area contributed by atoms with Gasteiger partial charge in [0, 0.05) is 13.1 Å². The number of hydrogen-bond acceptors (Lipinski definition) is 4. The van der Waals surface area contributed by atoms with Crippen LogP contribution in [0.25, 0.3) is 0 Å². The smallest absolute Gasteiger partial charge is 0.142 e. The summed E-state index contributed by atoms with van der Waals surface area (Å²) in [6.45, 7) is 1.22. The van der Waals surface area contributed by atoms with Crippen molar-refractivity contribution in [1.29, 1.82) is 5.26 Å². The fourth-order valence-corrected chi connectivity index (χ4v) is 3.23. The van der Waals surface area contributed by atoms with E-state index in [0.29, 0.717) is 18.8 Å². The summed E-state index contributed by atoms with van der Waals surface area (Å²) in [7, 11) is 0. The van der Waals surface area contributed by atoms with Gasteiger partial charge in [0.15, 0.2) is 0 Å². The van der Waals surface area contributed by atoms with E-state index in [1.165, 1.54) is 5.56 Å². The van der Waals surface area contributed by atoms with Crippen molar-refractivity contribution in [3.63, 3.8) is 0 Å². The van der Waals surface area contributed by atoms with Crippen molar-refractivity contribution in [1.82, 2.24) is 4.98 Å². The molecule has 1 fully saturated rings. The van der Waals surface area contributed by atoms with Crippen molar-refractivity contribution in [3.05, 3.63) is 59.8 Å². The van der Waals surface area contributed by atoms with Crippen molar-refractivity contribution in [2.75, 3.05) is 11.4 Å². The summed E-state index contributed by atoms with van der Waals surface area (Å²) in [5.41, 5.74) is 0.913. The molecule has 0 atom stereocenters. The number of aromatic nitrogens is 1. The van der Waals surface area contributed by atoms with Crippen molar-refractivity contribution < 1.29 is 5.11 Å². The van der Waals surface area contributed by atoms with E-state index in [1.807, 2.05) is 30.3 Å². The molecular weight excluding hydrogens is 286 g/mol. The van der Waals surface area contributed by atoms with Gasteiger partial charge in [-0.2, -0.15) is 5.26 Å². The molecule has 0 aliphatic heterocycles. The topological polar surface area (TPSA) is 60.2 Å². The zero-order chi connectivity index (χ0) is 16.1. The Kier molecular flexibility index (Phi) is 4.59. The predicted octanol–water partition coefficient (Wildman–Crippen LogP) is 3.26. The Balaban J connectivity index is 1.87. The van der Waals surface area contributed by atoms with Crippen LogP contribution in [-0.4, -0.2) is 22.2 Å². The SMILES string of the molecule is N#Cc1cccc(N(Cc2ccccc2)CC2(O)CCCC2)n1. The average Bonchev–Trinajstić information content (AvgIpc) is 3.02. The number of pyridine rings is 1. The van der Waals surface area contributed by atoms with Gasteiger partial charge < -0.3 is 10.0 Å². The quantitative estimate of drug-likeness (QED) is 0.921. The van der Waals surface area contributed by atoms with Gasteiger partial charge in [-0.1, -0.05) is 49.2 Å². The number of hydrogen-bond donors (Lipinski definition) is 1. The summed E-state index contributed by atoms with van der Waals surface area (Å²) >= 11 is 0. The van der Waals surface area contributed by atoms with E-state index in [4.69, 9.17) is 5.26 Å². The Morgan fingerprint density at radius 2 is 1.83 bits per heavy atom. The molecule has 1 N–H and O–H groups in total. The Hall–Kier alpha value is -2.38. The molecule has 4 nitrogen and oxygen atoms in total. The van der Waals surface area contributed by atoms with Gasteiger partial charge in [-0.15, -0.1) is 0 Å². The Morgan fingerprint density at radius 3 is 2.52 bits per heavy atom. The van der Waals surface area contributed by atoms with Crippen LogP contribution in [0, 0.1) is 11.3 Å². The van der Waals surface area contributed by atoms with Crippen molar-refractivity contribution in [2.45, 2.75) is 37.8 Å². The van der Waals surface area contributed by atoms with E-state index < -0.39 is 5.60 Å². The van der Waals surface area contributed by atoms with Crippen LogP contribution < -0.4 is 4.90 Å². The first-order chi connectivity index (χ1) is 11.2. The highest BCUT2D eigenvalue weighted by atomic mass is 16.3. The molecule has 4 heteroatoms. The van der Waals surface area contributed by atoms with E-state index in [1.54, 1.807) is 6.07 Å². The maximum Gasteiger partial charge on any atom is 0.142 e. The molecule has 1 heterocycles. The van der Waals surface area contributed by atoms with Gasteiger partial charge in [0.25, 0.3) is 0 Å². The van der Waals surface area contributed by atoms with Gasteiger partial charge in [-0.25, -0.2) is 4.98 Å². The van der Waals surface area contributed by atoms with Crippen LogP contribution in [0.5, 0.6) is 0 Å². The lowest BCUT2D eigenvalue weighted by molar-refractivity contribution is 0.0543. The number of aliphatic hydroxyl groups is 1. The van der Waals surface area contributed by atoms with Gasteiger partial charge in [-0.05, 0) is 30.5 Å². The summed E-state index contributed by atoms with van der Waals surface area (Å²) < 4.78 is 0. The second-order valence-corrected chi connectivity index (χ2v) is 6.27. The van der Waals surface area contributed by atoms with E-state index in [2.05, 4.69) is 28.1 Å². The molecule has 1 saturated carbocycles. The summed E-state index contributed by atoms with van der Waals surface area (Å²) in [5.74, 6) is 0.744. The lowest BCUT2D eigenvalue weighted by Crippen LogP contribution is -2.41. The molecule has 3 rings (SSSR count). The summed E-state index contributed by atoms with van der Waals surface area (Å²) in [6, 6.07) is 17.7. The van der Waals surface area contributed by atoms with E-state index in [-0.39, 0.29) is 0 Å². The molecule has 1 aliphatic rings. The van der Waals surface area contributed by atoms with Gasteiger partial charge >= 0.3 is 0 Å². The molecular formula is C19H21N3O. The second kappa shape index (κ2) is 6.80. The third-order valence-corrected chi connectivity index (χ3v) is 4.41. The van der Waals surface area contributed by atoms with Crippen molar-refractivity contribution >= 4 is 5.82 Å². The molecule has 23 heavy (non-hydrogen) atoms. The van der Waals surface area contributed by atoms with Gasteiger partial charge in [0.2, 0.25) is 0 Å². The lowest BCUT2D eigenvalue weighted by atomic mass is 10.0. The van der Waals surface area contributed by atoms with Crippen LogP contribution in [0.4, 0.5) is 5.82 Å². The highest BCUT2D eigenvalue weighted by Gasteiger charge is 2.33. The molecule has 118 valence electrons. The van der Waals surface area contributed by atoms with E-state index in [9.17, 15) is 5.11 Å². The molecule has 2 aromatic rings. The molecule has 1 aromatic heterocycles. The van der Waals surface area contributed by atoms with Crippen molar-refractivity contribution in [3.8, 4) is 6.07 Å². The Bertz CT molecular complexity index is 687. The molecule has 0 radical (unpaired) electrons. The summed E-state index contributed by atoms with van der Waals surface area (Å²) in [5, 5.41) is 19.9. The van der Waals surface area contributed by atoms with Gasteiger partial charge in [0.1, 0.15) is 17.6 Å². The number of nitriles is 1. The minimum absolute atomic E-state index is 0.402. The number of benzene rings is 1. The average molecular weight is 307 g/mol. The predicted molar refractivity (Wildman–Crippen MR) is 89.9 cm³/mol. The summed E-state index contributed by atoms with van der Waals surface area (Å²) in [4.78, 5) is 6.50. The molecule has 1 aromatic carbocycles. The highest BCUT2D eigenvalue weighted by Crippen LogP contribution is 2.31. The number of anilines is 1. The zero-order valence-corrected chi connectivity index (χ0v) is 13.2. The standard InChI is InChI=1S/C19H21N3O/c20-13-17-9-6-10-18(21-17)22(14-16-7-2-1-3-8-16)15-19(23)11-4-5-12-19/h1-3,6-10,23H,4-5,11-12,14-15H2. The first-order valence-electron chi connectivity index (χ1n) is 8.07. The van der Waals surface area contributed by atoms with E-state index >= 15 is 0 Å². The third-order valence-electron chi connectivity index (χ3n) is 4.41. The molecule has 0 amide bonds. The van der Waals surface area contributed by atoms with Crippen LogP contribution in [-0.2, 0) is 6.54 Å². The zero-order valence-electron chi connectivity index (χ0n) is 13.2. The molecule has 0 bridgehead atoms. The normalized spacial score (nSPS) is 16.0. The van der Waals surface area contributed by atoms with Gasteiger partial charge in [0.05, 0.1) is 5.60 Å². The van der Waals surface area contributed by atoms with Crippen LogP contribution in [0.3, 0.4) is 0 Å². The largest absolute Gasteiger partial charge is 0.388 e. The lowest BCUT2D eigenvalue weighted by Gasteiger charge is -2.32. The maximum absolute atomic E-state index is 10.8. The number of rotatable bonds is 5. The monoisotopic (exact) mass is 307 g/mol. The fourth-order valence-electron chi connectivity index (χ4n) is 3.23. The Morgan fingerprint density at radius 1 is 1.09 bits per heavy atom. The molecule has 0 unspecified atom stereocenters. The minimum Gasteiger partial charge on any atom is -0.388 e. The highest BCUT2D eigenvalue weighted by molar-refractivity contribution is 5.43. The summed E-state index contributed by atoms with van der Waals surface area (Å²) in [6.07, 6.45) is 3.80.